The van der Waals surface area contributed by atoms with Crippen LogP contribution in [0.5, 0.6) is 0 Å². The summed E-state index contributed by atoms with van der Waals surface area (Å²) >= 11 is 3.52. The molecule has 0 aliphatic carbocycles. The van der Waals surface area contributed by atoms with Gasteiger partial charge in [-0.15, -0.1) is 10.2 Å². The van der Waals surface area contributed by atoms with Crippen LogP contribution in [0.2, 0.25) is 0 Å². The molecule has 4 rings (SSSR count). The van der Waals surface area contributed by atoms with Gasteiger partial charge in [0.15, 0.2) is 0 Å². The van der Waals surface area contributed by atoms with E-state index in [4.69, 9.17) is 0 Å². The van der Waals surface area contributed by atoms with E-state index < -0.39 is 0 Å². The van der Waals surface area contributed by atoms with E-state index in [1.165, 1.54) is 18.4 Å². The number of carbonyl (C=O) groups is 1. The van der Waals surface area contributed by atoms with Crippen LogP contribution in [0.15, 0.2) is 28.7 Å². The SMILES string of the molecule is O=C(CN1CCn2c(Cc3cccc(Br)c3)nnc2C1)N1CCCCCC1. The molecule has 0 spiro atoms. The van der Waals surface area contributed by atoms with Crippen LogP contribution in [0.25, 0.3) is 0 Å². The number of amides is 1. The van der Waals surface area contributed by atoms with Crippen LogP contribution in [0.4, 0.5) is 0 Å². The Balaban J connectivity index is 1.38. The van der Waals surface area contributed by atoms with E-state index in [1.54, 1.807) is 0 Å². The van der Waals surface area contributed by atoms with Gasteiger partial charge in [-0.25, -0.2) is 0 Å². The van der Waals surface area contributed by atoms with Crippen molar-refractivity contribution in [3.8, 4) is 0 Å². The second-order valence-corrected chi connectivity index (χ2v) is 8.41. The fourth-order valence-electron chi connectivity index (χ4n) is 3.97. The molecule has 2 aromatic rings. The average molecular weight is 432 g/mol. The first kappa shape index (κ1) is 18.6. The minimum absolute atomic E-state index is 0.263. The van der Waals surface area contributed by atoms with Crippen LogP contribution in [0, 0.1) is 0 Å². The molecule has 0 bridgehead atoms. The van der Waals surface area contributed by atoms with Crippen molar-refractivity contribution in [1.82, 2.24) is 24.6 Å². The van der Waals surface area contributed by atoms with Gasteiger partial charge < -0.3 is 9.47 Å². The predicted octanol–water partition coefficient (Wildman–Crippen LogP) is 2.85. The van der Waals surface area contributed by atoms with Crippen molar-refractivity contribution in [2.75, 3.05) is 26.2 Å². The topological polar surface area (TPSA) is 54.3 Å². The Morgan fingerprint density at radius 3 is 2.63 bits per heavy atom. The number of rotatable bonds is 4. The van der Waals surface area contributed by atoms with Crippen LogP contribution in [-0.4, -0.2) is 56.7 Å². The highest BCUT2D eigenvalue weighted by atomic mass is 79.9. The second kappa shape index (κ2) is 8.52. The summed E-state index contributed by atoms with van der Waals surface area (Å²) in [5, 5.41) is 8.81. The number of aromatic nitrogens is 3. The summed E-state index contributed by atoms with van der Waals surface area (Å²) in [6, 6.07) is 8.31. The van der Waals surface area contributed by atoms with E-state index in [0.29, 0.717) is 13.1 Å². The zero-order chi connectivity index (χ0) is 18.6. The van der Waals surface area contributed by atoms with Crippen molar-refractivity contribution >= 4 is 21.8 Å². The second-order valence-electron chi connectivity index (χ2n) is 7.50. The molecule has 7 heteroatoms. The number of likely N-dealkylation sites (tertiary alicyclic amines) is 1. The number of hydrogen-bond acceptors (Lipinski definition) is 4. The molecule has 1 amide bonds. The summed E-state index contributed by atoms with van der Waals surface area (Å²) < 4.78 is 3.30. The van der Waals surface area contributed by atoms with Gasteiger partial charge in [0.2, 0.25) is 5.91 Å². The molecule has 1 fully saturated rings. The number of fused-ring (bicyclic) bond motifs is 1. The zero-order valence-electron chi connectivity index (χ0n) is 15.6. The van der Waals surface area contributed by atoms with Gasteiger partial charge >= 0.3 is 0 Å². The molecule has 2 aliphatic heterocycles. The number of benzene rings is 1. The lowest BCUT2D eigenvalue weighted by molar-refractivity contribution is -0.132. The first-order valence-electron chi connectivity index (χ1n) is 9.84. The fraction of sp³-hybridized carbons (Fsp3) is 0.550. The predicted molar refractivity (Wildman–Crippen MR) is 107 cm³/mol. The molecule has 27 heavy (non-hydrogen) atoms. The normalized spacial score (nSPS) is 18.2. The van der Waals surface area contributed by atoms with Crippen molar-refractivity contribution in [1.29, 1.82) is 0 Å². The molecule has 1 aromatic carbocycles. The van der Waals surface area contributed by atoms with Gasteiger partial charge in [0.05, 0.1) is 13.1 Å². The number of hydrogen-bond donors (Lipinski definition) is 0. The molecule has 1 aromatic heterocycles. The van der Waals surface area contributed by atoms with Crippen molar-refractivity contribution < 1.29 is 4.79 Å². The lowest BCUT2D eigenvalue weighted by Crippen LogP contribution is -2.43. The first-order valence-corrected chi connectivity index (χ1v) is 10.6. The van der Waals surface area contributed by atoms with Crippen LogP contribution < -0.4 is 0 Å². The van der Waals surface area contributed by atoms with Gasteiger partial charge in [-0.1, -0.05) is 40.9 Å². The standard InChI is InChI=1S/C20H26BrN5O/c21-17-7-5-6-16(12-17)13-18-22-23-19-14-24(10-11-26(18)19)15-20(27)25-8-3-1-2-4-9-25/h5-7,12H,1-4,8-11,13-15H2. The molecule has 0 saturated carbocycles. The van der Waals surface area contributed by atoms with Gasteiger partial charge in [-0.05, 0) is 30.5 Å². The lowest BCUT2D eigenvalue weighted by Gasteiger charge is -2.29. The van der Waals surface area contributed by atoms with Crippen LogP contribution in [0.3, 0.4) is 0 Å². The van der Waals surface area contributed by atoms with Crippen LogP contribution in [-0.2, 0) is 24.3 Å². The Morgan fingerprint density at radius 1 is 1.04 bits per heavy atom. The molecule has 6 nitrogen and oxygen atoms in total. The van der Waals surface area contributed by atoms with E-state index in [1.807, 2.05) is 17.0 Å². The molecular weight excluding hydrogens is 406 g/mol. The van der Waals surface area contributed by atoms with E-state index in [-0.39, 0.29) is 5.91 Å². The van der Waals surface area contributed by atoms with Gasteiger partial charge in [0, 0.05) is 37.1 Å². The van der Waals surface area contributed by atoms with Crippen molar-refractivity contribution in [2.24, 2.45) is 0 Å². The largest absolute Gasteiger partial charge is 0.342 e. The smallest absolute Gasteiger partial charge is 0.236 e. The molecule has 0 atom stereocenters. The molecule has 3 heterocycles. The highest BCUT2D eigenvalue weighted by Crippen LogP contribution is 2.18. The number of carbonyl (C=O) groups excluding carboxylic acids is 1. The summed E-state index contributed by atoms with van der Waals surface area (Å²) in [6.45, 7) is 4.74. The third-order valence-electron chi connectivity index (χ3n) is 5.48. The minimum atomic E-state index is 0.263. The average Bonchev–Trinajstić information content (AvgIpc) is 2.87. The van der Waals surface area contributed by atoms with Crippen molar-refractivity contribution in [3.63, 3.8) is 0 Å². The van der Waals surface area contributed by atoms with Gasteiger partial charge in [0.25, 0.3) is 0 Å². The Morgan fingerprint density at radius 2 is 1.85 bits per heavy atom. The van der Waals surface area contributed by atoms with Gasteiger partial charge in [-0.3, -0.25) is 9.69 Å². The van der Waals surface area contributed by atoms with E-state index in [2.05, 4.69) is 47.7 Å². The van der Waals surface area contributed by atoms with Crippen LogP contribution >= 0.6 is 15.9 Å². The summed E-state index contributed by atoms with van der Waals surface area (Å²) in [6.07, 6.45) is 5.55. The minimum Gasteiger partial charge on any atom is -0.342 e. The van der Waals surface area contributed by atoms with Crippen LogP contribution in [0.1, 0.15) is 42.9 Å². The lowest BCUT2D eigenvalue weighted by atomic mass is 10.1. The summed E-state index contributed by atoms with van der Waals surface area (Å²) in [5.41, 5.74) is 1.22. The van der Waals surface area contributed by atoms with Gasteiger partial charge in [0.1, 0.15) is 11.6 Å². The van der Waals surface area contributed by atoms with Crippen molar-refractivity contribution in [2.45, 2.75) is 45.2 Å². The number of nitrogens with zero attached hydrogens (tertiary/aromatic N) is 5. The zero-order valence-corrected chi connectivity index (χ0v) is 17.2. The molecule has 0 N–H and O–H groups in total. The Labute approximate surface area is 168 Å². The maximum absolute atomic E-state index is 12.6. The molecule has 0 radical (unpaired) electrons. The highest BCUT2D eigenvalue weighted by molar-refractivity contribution is 9.10. The number of halogens is 1. The summed E-state index contributed by atoms with van der Waals surface area (Å²) in [7, 11) is 0. The van der Waals surface area contributed by atoms with E-state index in [9.17, 15) is 4.79 Å². The maximum atomic E-state index is 12.6. The highest BCUT2D eigenvalue weighted by Gasteiger charge is 2.24. The quantitative estimate of drug-likeness (QED) is 0.746. The van der Waals surface area contributed by atoms with E-state index in [0.717, 1.165) is 61.6 Å². The molecule has 144 valence electrons. The summed E-state index contributed by atoms with van der Waals surface area (Å²) in [5.74, 6) is 2.23. The monoisotopic (exact) mass is 431 g/mol. The third kappa shape index (κ3) is 4.58. The Hall–Kier alpha value is -1.73. The van der Waals surface area contributed by atoms with E-state index >= 15 is 0 Å². The molecule has 2 aliphatic rings. The summed E-state index contributed by atoms with van der Waals surface area (Å²) in [4.78, 5) is 16.9. The fourth-order valence-corrected chi connectivity index (χ4v) is 4.42. The first-order chi connectivity index (χ1) is 13.2. The molecule has 1 saturated heterocycles. The third-order valence-corrected chi connectivity index (χ3v) is 5.97. The van der Waals surface area contributed by atoms with Gasteiger partial charge in [-0.2, -0.15) is 0 Å². The molecular formula is C20H26BrN5O. The Bertz CT molecular complexity index is 797. The molecule has 0 unspecified atom stereocenters. The Kier molecular flexibility index (Phi) is 5.88. The van der Waals surface area contributed by atoms with Crippen molar-refractivity contribution in [3.05, 3.63) is 46.0 Å². The maximum Gasteiger partial charge on any atom is 0.236 e.